The second-order valence-corrected chi connectivity index (χ2v) is 7.23. The number of hydrogen-bond donors (Lipinski definition) is 2. The molecule has 2 rings (SSSR count). The van der Waals surface area contributed by atoms with Gasteiger partial charge in [-0.1, -0.05) is 12.1 Å². The molecule has 1 amide bonds. The van der Waals surface area contributed by atoms with Crippen LogP contribution in [0.5, 0.6) is 0 Å². The number of benzene rings is 1. The van der Waals surface area contributed by atoms with E-state index in [1.54, 1.807) is 0 Å². The molecule has 0 spiro atoms. The first-order valence-corrected chi connectivity index (χ1v) is 8.42. The van der Waals surface area contributed by atoms with Crippen molar-refractivity contribution in [3.63, 3.8) is 0 Å². The zero-order valence-corrected chi connectivity index (χ0v) is 13.3. The van der Waals surface area contributed by atoms with Gasteiger partial charge in [0.05, 0.1) is 5.41 Å². The van der Waals surface area contributed by atoms with Crippen molar-refractivity contribution in [3.05, 3.63) is 29.8 Å². The van der Waals surface area contributed by atoms with Crippen molar-refractivity contribution >= 4 is 23.4 Å². The third-order valence-corrected chi connectivity index (χ3v) is 5.35. The second-order valence-electron chi connectivity index (χ2n) is 6.09. The second kappa shape index (κ2) is 6.08. The van der Waals surface area contributed by atoms with E-state index >= 15 is 0 Å². The van der Waals surface area contributed by atoms with Gasteiger partial charge in [-0.05, 0) is 57.1 Å². The van der Waals surface area contributed by atoms with Gasteiger partial charge in [0.15, 0.2) is 0 Å². The van der Waals surface area contributed by atoms with E-state index in [1.165, 1.54) is 6.42 Å². The summed E-state index contributed by atoms with van der Waals surface area (Å²) in [5, 5.41) is 3.91. The number of nitrogen functional groups attached to an aromatic ring is 1. The molecule has 0 heterocycles. The lowest BCUT2D eigenvalue weighted by Gasteiger charge is -2.26. The molecule has 0 bridgehead atoms. The zero-order chi connectivity index (χ0) is 14.8. The monoisotopic (exact) mass is 292 g/mol. The molecule has 0 saturated heterocycles. The number of amides is 1. The first-order valence-electron chi connectivity index (χ1n) is 7.13. The van der Waals surface area contributed by atoms with E-state index in [0.717, 1.165) is 24.1 Å². The topological polar surface area (TPSA) is 55.1 Å². The van der Waals surface area contributed by atoms with E-state index in [-0.39, 0.29) is 5.91 Å². The van der Waals surface area contributed by atoms with Crippen molar-refractivity contribution in [1.82, 2.24) is 5.32 Å². The number of carbonyl (C=O) groups excluding carboxylic acids is 1. The number of thioether (sulfide) groups is 1. The summed E-state index contributed by atoms with van der Waals surface area (Å²) in [5.74, 6) is 0.106. The van der Waals surface area contributed by atoms with Crippen LogP contribution in [0.25, 0.3) is 0 Å². The lowest BCUT2D eigenvalue weighted by atomic mass is 9.83. The molecule has 110 valence electrons. The molecule has 1 aromatic carbocycles. The highest BCUT2D eigenvalue weighted by Crippen LogP contribution is 2.30. The highest BCUT2D eigenvalue weighted by atomic mass is 32.2. The molecule has 3 N–H and O–H groups in total. The van der Waals surface area contributed by atoms with Gasteiger partial charge in [0, 0.05) is 17.0 Å². The summed E-state index contributed by atoms with van der Waals surface area (Å²) in [6, 6.07) is 7.91. The van der Waals surface area contributed by atoms with E-state index in [2.05, 4.69) is 11.6 Å². The molecule has 1 aliphatic carbocycles. The summed E-state index contributed by atoms with van der Waals surface area (Å²) in [5.41, 5.74) is 6.91. The maximum Gasteiger partial charge on any atom is 0.230 e. The van der Waals surface area contributed by atoms with Crippen LogP contribution in [-0.2, 0) is 10.2 Å². The average Bonchev–Trinajstić information content (AvgIpc) is 2.87. The lowest BCUT2D eigenvalue weighted by molar-refractivity contribution is -0.126. The minimum atomic E-state index is -0.523. The Bertz CT molecular complexity index is 470. The number of carbonyl (C=O) groups is 1. The summed E-state index contributed by atoms with van der Waals surface area (Å²) in [7, 11) is 0. The Hall–Kier alpha value is -1.16. The van der Waals surface area contributed by atoms with Crippen LogP contribution in [0.4, 0.5) is 5.69 Å². The summed E-state index contributed by atoms with van der Waals surface area (Å²) < 4.78 is 0. The SMILES string of the molecule is CSC1CCC(NC(=O)C(C)(C)c2ccc(N)cc2)C1. The maximum atomic E-state index is 12.6. The summed E-state index contributed by atoms with van der Waals surface area (Å²) >= 11 is 1.90. The minimum Gasteiger partial charge on any atom is -0.399 e. The molecule has 2 unspecified atom stereocenters. The fourth-order valence-corrected chi connectivity index (χ4v) is 3.48. The number of hydrogen-bond acceptors (Lipinski definition) is 3. The fourth-order valence-electron chi connectivity index (χ4n) is 2.68. The number of nitrogens with two attached hydrogens (primary N) is 1. The normalized spacial score (nSPS) is 22.8. The Balaban J connectivity index is 2.02. The fraction of sp³-hybridized carbons (Fsp3) is 0.562. The van der Waals surface area contributed by atoms with Crippen LogP contribution in [0, 0.1) is 0 Å². The third-order valence-electron chi connectivity index (χ3n) is 4.25. The number of rotatable bonds is 4. The first kappa shape index (κ1) is 15.2. The Kier molecular flexibility index (Phi) is 4.63. The van der Waals surface area contributed by atoms with Crippen LogP contribution >= 0.6 is 11.8 Å². The zero-order valence-electron chi connectivity index (χ0n) is 12.5. The van der Waals surface area contributed by atoms with Crippen LogP contribution in [0.2, 0.25) is 0 Å². The van der Waals surface area contributed by atoms with E-state index in [0.29, 0.717) is 11.3 Å². The van der Waals surface area contributed by atoms with Crippen molar-refractivity contribution in [3.8, 4) is 0 Å². The van der Waals surface area contributed by atoms with E-state index in [9.17, 15) is 4.79 Å². The van der Waals surface area contributed by atoms with Crippen molar-refractivity contribution in [2.45, 2.75) is 49.8 Å². The Labute approximate surface area is 125 Å². The molecule has 0 aliphatic heterocycles. The van der Waals surface area contributed by atoms with E-state index < -0.39 is 5.41 Å². The van der Waals surface area contributed by atoms with Crippen LogP contribution in [0.3, 0.4) is 0 Å². The highest BCUT2D eigenvalue weighted by molar-refractivity contribution is 7.99. The maximum absolute atomic E-state index is 12.6. The van der Waals surface area contributed by atoms with E-state index in [4.69, 9.17) is 5.73 Å². The lowest BCUT2D eigenvalue weighted by Crippen LogP contribution is -2.44. The average molecular weight is 292 g/mol. The summed E-state index contributed by atoms with van der Waals surface area (Å²) in [6.45, 7) is 3.93. The van der Waals surface area contributed by atoms with Crippen molar-refractivity contribution < 1.29 is 4.79 Å². The molecule has 0 aromatic heterocycles. The molecular weight excluding hydrogens is 268 g/mol. The van der Waals surface area contributed by atoms with Crippen molar-refractivity contribution in [2.24, 2.45) is 0 Å². The molecule has 1 saturated carbocycles. The molecule has 4 heteroatoms. The van der Waals surface area contributed by atoms with Gasteiger partial charge in [-0.25, -0.2) is 0 Å². The van der Waals surface area contributed by atoms with Gasteiger partial charge in [0.2, 0.25) is 5.91 Å². The smallest absolute Gasteiger partial charge is 0.230 e. The molecule has 1 aliphatic rings. The van der Waals surface area contributed by atoms with Gasteiger partial charge >= 0.3 is 0 Å². The summed E-state index contributed by atoms with van der Waals surface area (Å²) in [4.78, 5) is 12.6. The Morgan fingerprint density at radius 3 is 2.50 bits per heavy atom. The molecule has 3 nitrogen and oxygen atoms in total. The first-order chi connectivity index (χ1) is 9.43. The van der Waals surface area contributed by atoms with Gasteiger partial charge in [0.25, 0.3) is 0 Å². The third kappa shape index (κ3) is 3.29. The van der Waals surface area contributed by atoms with Gasteiger partial charge in [-0.15, -0.1) is 0 Å². The van der Waals surface area contributed by atoms with Gasteiger partial charge < -0.3 is 11.1 Å². The Morgan fingerprint density at radius 2 is 1.95 bits per heavy atom. The molecule has 1 fully saturated rings. The molecular formula is C16H24N2OS. The molecule has 2 atom stereocenters. The standard InChI is InChI=1S/C16H24N2OS/c1-16(2,11-4-6-12(17)7-5-11)15(19)18-13-8-9-14(10-13)20-3/h4-7,13-14H,8-10,17H2,1-3H3,(H,18,19). The van der Waals surface area contributed by atoms with Crippen LogP contribution < -0.4 is 11.1 Å². The Morgan fingerprint density at radius 1 is 1.30 bits per heavy atom. The van der Waals surface area contributed by atoms with Gasteiger partial charge in [-0.3, -0.25) is 4.79 Å². The van der Waals surface area contributed by atoms with Crippen LogP contribution in [-0.4, -0.2) is 23.5 Å². The van der Waals surface area contributed by atoms with Gasteiger partial charge in [0.1, 0.15) is 0 Å². The van der Waals surface area contributed by atoms with Crippen molar-refractivity contribution in [1.29, 1.82) is 0 Å². The quantitative estimate of drug-likeness (QED) is 0.839. The minimum absolute atomic E-state index is 0.106. The highest BCUT2D eigenvalue weighted by Gasteiger charge is 2.33. The predicted octanol–water partition coefficient (Wildman–Crippen LogP) is 2.95. The van der Waals surface area contributed by atoms with Crippen molar-refractivity contribution in [2.75, 3.05) is 12.0 Å². The van der Waals surface area contributed by atoms with Gasteiger partial charge in [-0.2, -0.15) is 11.8 Å². The molecule has 0 radical (unpaired) electrons. The number of anilines is 1. The molecule has 1 aromatic rings. The largest absolute Gasteiger partial charge is 0.399 e. The number of nitrogens with one attached hydrogen (secondary N) is 1. The predicted molar refractivity (Wildman–Crippen MR) is 87.0 cm³/mol. The van der Waals surface area contributed by atoms with Crippen LogP contribution in [0.1, 0.15) is 38.7 Å². The molecule has 20 heavy (non-hydrogen) atoms. The van der Waals surface area contributed by atoms with E-state index in [1.807, 2.05) is 49.9 Å². The summed E-state index contributed by atoms with van der Waals surface area (Å²) in [6.07, 6.45) is 5.53. The van der Waals surface area contributed by atoms with Crippen LogP contribution in [0.15, 0.2) is 24.3 Å².